The van der Waals surface area contributed by atoms with Crippen LogP contribution in [0.3, 0.4) is 0 Å². The molecule has 194 valence electrons. The second-order valence-electron chi connectivity index (χ2n) is 8.81. The third kappa shape index (κ3) is 6.46. The number of anilines is 2. The Hall–Kier alpha value is -3.89. The van der Waals surface area contributed by atoms with Crippen LogP contribution in [-0.2, 0) is 23.3 Å². The van der Waals surface area contributed by atoms with E-state index >= 15 is 0 Å². The van der Waals surface area contributed by atoms with Crippen LogP contribution in [0.25, 0.3) is 10.9 Å². The van der Waals surface area contributed by atoms with E-state index in [9.17, 15) is 8.42 Å². The van der Waals surface area contributed by atoms with Crippen LogP contribution in [0, 0.1) is 13.8 Å². The quantitative estimate of drug-likeness (QED) is 0.362. The van der Waals surface area contributed by atoms with Gasteiger partial charge in [0.15, 0.2) is 11.5 Å². The third-order valence-electron chi connectivity index (χ3n) is 6.10. The lowest BCUT2D eigenvalue weighted by Gasteiger charge is -2.30. The first-order valence-electron chi connectivity index (χ1n) is 11.7. The fourth-order valence-corrected chi connectivity index (χ4v) is 4.63. The van der Waals surface area contributed by atoms with E-state index in [1.54, 1.807) is 26.4 Å². The first kappa shape index (κ1) is 26.2. The number of fused-ring (bicyclic) bond motifs is 2. The van der Waals surface area contributed by atoms with Gasteiger partial charge in [-0.3, -0.25) is 9.27 Å². The number of methoxy groups -OCH3 is 2. The second-order valence-corrected chi connectivity index (χ2v) is 9.96. The number of rotatable bonds is 5. The molecule has 10 heteroatoms. The van der Waals surface area contributed by atoms with Crippen LogP contribution in [0.1, 0.15) is 22.3 Å². The summed E-state index contributed by atoms with van der Waals surface area (Å²) in [6, 6.07) is 17.4. The van der Waals surface area contributed by atoms with Gasteiger partial charge in [0.25, 0.3) is 0 Å². The van der Waals surface area contributed by atoms with Crippen molar-refractivity contribution in [3.05, 3.63) is 83.2 Å². The van der Waals surface area contributed by atoms with E-state index in [1.165, 1.54) is 17.5 Å². The summed E-state index contributed by atoms with van der Waals surface area (Å²) in [6.45, 7) is 5.48. The summed E-state index contributed by atoms with van der Waals surface area (Å²) in [5, 5.41) is 0.834. The van der Waals surface area contributed by atoms with Crippen LogP contribution in [0.15, 0.2) is 60.9 Å². The number of nitrogens with zero attached hydrogens (tertiary/aromatic N) is 3. The summed E-state index contributed by atoms with van der Waals surface area (Å²) in [5.74, 6) is 1.94. The lowest BCUT2D eigenvalue weighted by atomic mass is 9.99. The molecule has 1 aliphatic heterocycles. The molecule has 3 aromatic carbocycles. The van der Waals surface area contributed by atoms with Crippen molar-refractivity contribution in [2.24, 2.45) is 0 Å². The Morgan fingerprint density at radius 1 is 0.892 bits per heavy atom. The van der Waals surface area contributed by atoms with Crippen LogP contribution >= 0.6 is 0 Å². The summed E-state index contributed by atoms with van der Waals surface area (Å²) in [5.41, 5.74) is 5.79. The van der Waals surface area contributed by atoms with Gasteiger partial charge in [0.05, 0.1) is 25.4 Å². The molecule has 37 heavy (non-hydrogen) atoms. The van der Waals surface area contributed by atoms with Gasteiger partial charge in [-0.25, -0.2) is 9.97 Å². The van der Waals surface area contributed by atoms with E-state index in [2.05, 4.69) is 57.7 Å². The number of ether oxygens (including phenoxy) is 2. The SMILES string of the molecule is COc1cc2ncnc(N3CCc4ccc(NS(=O)(=O)O)cc4C3)c2cc1OC.Cc1ccc(C)cc1. The van der Waals surface area contributed by atoms with E-state index in [4.69, 9.17) is 14.0 Å². The maximum absolute atomic E-state index is 11.1. The molecule has 1 aliphatic rings. The summed E-state index contributed by atoms with van der Waals surface area (Å²) in [7, 11) is -1.17. The largest absolute Gasteiger partial charge is 0.493 e. The first-order valence-corrected chi connectivity index (χ1v) is 13.1. The number of nitrogens with one attached hydrogen (secondary N) is 1. The topological polar surface area (TPSA) is 114 Å². The second kappa shape index (κ2) is 11.0. The predicted octanol–water partition coefficient (Wildman–Crippen LogP) is 4.73. The maximum Gasteiger partial charge on any atom is 0.357 e. The average Bonchev–Trinajstić information content (AvgIpc) is 2.88. The molecule has 0 bridgehead atoms. The van der Waals surface area contributed by atoms with Crippen LogP contribution in [-0.4, -0.2) is 43.7 Å². The van der Waals surface area contributed by atoms with Gasteiger partial charge in [0.1, 0.15) is 12.1 Å². The molecular weight excluding hydrogens is 492 g/mol. The molecule has 0 radical (unpaired) electrons. The van der Waals surface area contributed by atoms with Gasteiger partial charge in [-0.05, 0) is 49.6 Å². The smallest absolute Gasteiger partial charge is 0.357 e. The molecule has 0 fully saturated rings. The number of hydrogen-bond donors (Lipinski definition) is 2. The molecule has 0 saturated heterocycles. The normalized spacial score (nSPS) is 12.8. The molecule has 5 rings (SSSR count). The summed E-state index contributed by atoms with van der Waals surface area (Å²) in [4.78, 5) is 10.9. The van der Waals surface area contributed by atoms with Crippen molar-refractivity contribution in [3.8, 4) is 11.5 Å². The molecule has 0 amide bonds. The monoisotopic (exact) mass is 522 g/mol. The average molecular weight is 523 g/mol. The van der Waals surface area contributed by atoms with Crippen molar-refractivity contribution in [1.29, 1.82) is 0 Å². The lowest BCUT2D eigenvalue weighted by Crippen LogP contribution is -2.31. The van der Waals surface area contributed by atoms with Crippen LogP contribution < -0.4 is 19.1 Å². The van der Waals surface area contributed by atoms with Gasteiger partial charge in [0, 0.05) is 24.5 Å². The highest BCUT2D eigenvalue weighted by Crippen LogP contribution is 2.36. The Labute approximate surface area is 217 Å². The number of aromatic nitrogens is 2. The maximum atomic E-state index is 11.1. The van der Waals surface area contributed by atoms with Crippen molar-refractivity contribution >= 4 is 32.7 Å². The highest BCUT2D eigenvalue weighted by Gasteiger charge is 2.21. The zero-order chi connectivity index (χ0) is 26.6. The predicted molar refractivity (Wildman–Crippen MR) is 145 cm³/mol. The number of aryl methyl sites for hydroxylation is 2. The minimum absolute atomic E-state index is 0.312. The molecule has 0 spiro atoms. The van der Waals surface area contributed by atoms with E-state index in [-0.39, 0.29) is 0 Å². The third-order valence-corrected chi connectivity index (χ3v) is 6.60. The van der Waals surface area contributed by atoms with Gasteiger partial charge in [-0.15, -0.1) is 0 Å². The zero-order valence-electron chi connectivity index (χ0n) is 21.2. The standard InChI is InChI=1S/C19H20N4O5S.C8H10/c1-27-17-8-15-16(9-18(17)28-2)20-11-21-19(15)23-6-5-12-3-4-14(7-13(12)10-23)22-29(24,25)26;1-7-3-5-8(2)6-4-7/h3-4,7-9,11,22H,5-6,10H2,1-2H3,(H,24,25,26);3-6H,1-2H3. The highest BCUT2D eigenvalue weighted by atomic mass is 32.2. The van der Waals surface area contributed by atoms with Gasteiger partial charge in [-0.1, -0.05) is 41.5 Å². The molecule has 2 heterocycles. The Morgan fingerprint density at radius 3 is 2.16 bits per heavy atom. The zero-order valence-corrected chi connectivity index (χ0v) is 22.0. The van der Waals surface area contributed by atoms with Gasteiger partial charge >= 0.3 is 10.3 Å². The van der Waals surface area contributed by atoms with E-state index in [0.717, 1.165) is 40.8 Å². The van der Waals surface area contributed by atoms with Crippen LogP contribution in [0.2, 0.25) is 0 Å². The Morgan fingerprint density at radius 2 is 1.54 bits per heavy atom. The molecule has 0 unspecified atom stereocenters. The lowest BCUT2D eigenvalue weighted by molar-refractivity contribution is 0.356. The Balaban J connectivity index is 0.000000342. The molecular formula is C27H30N4O5S. The van der Waals surface area contributed by atoms with E-state index in [0.29, 0.717) is 23.7 Å². The van der Waals surface area contributed by atoms with Crippen LogP contribution in [0.5, 0.6) is 11.5 Å². The molecule has 0 saturated carbocycles. The summed E-state index contributed by atoms with van der Waals surface area (Å²) < 4.78 is 44.1. The molecule has 1 aromatic heterocycles. The first-order chi connectivity index (χ1) is 17.7. The van der Waals surface area contributed by atoms with Crippen LogP contribution in [0.4, 0.5) is 11.5 Å². The summed E-state index contributed by atoms with van der Waals surface area (Å²) >= 11 is 0. The van der Waals surface area contributed by atoms with Crippen molar-refractivity contribution in [1.82, 2.24) is 9.97 Å². The van der Waals surface area contributed by atoms with Gasteiger partial charge in [-0.2, -0.15) is 8.42 Å². The molecule has 0 atom stereocenters. The minimum Gasteiger partial charge on any atom is -0.493 e. The highest BCUT2D eigenvalue weighted by molar-refractivity contribution is 7.87. The van der Waals surface area contributed by atoms with Crippen molar-refractivity contribution < 1.29 is 22.4 Å². The van der Waals surface area contributed by atoms with Crippen molar-refractivity contribution in [2.45, 2.75) is 26.8 Å². The van der Waals surface area contributed by atoms with Crippen molar-refractivity contribution in [2.75, 3.05) is 30.4 Å². The Bertz CT molecular complexity index is 1490. The number of benzene rings is 3. The molecule has 4 aromatic rings. The fourth-order valence-electron chi connectivity index (χ4n) is 4.21. The van der Waals surface area contributed by atoms with E-state index < -0.39 is 10.3 Å². The van der Waals surface area contributed by atoms with Gasteiger partial charge < -0.3 is 14.4 Å². The van der Waals surface area contributed by atoms with Crippen molar-refractivity contribution in [3.63, 3.8) is 0 Å². The fraction of sp³-hybridized carbons (Fsp3) is 0.259. The van der Waals surface area contributed by atoms with Gasteiger partial charge in [0.2, 0.25) is 0 Å². The molecule has 2 N–H and O–H groups in total. The van der Waals surface area contributed by atoms with E-state index in [1.807, 2.05) is 18.2 Å². The molecule has 0 aliphatic carbocycles. The summed E-state index contributed by atoms with van der Waals surface area (Å²) in [6.07, 6.45) is 2.29. The Kier molecular flexibility index (Phi) is 7.80. The minimum atomic E-state index is -4.32. The number of hydrogen-bond acceptors (Lipinski definition) is 7. The molecule has 9 nitrogen and oxygen atoms in total.